The molecule has 110 heavy (non-hydrogen) atoms. The smallest absolute Gasteiger partial charge is 0.462 e. The minimum Gasteiger partial charge on any atom is -0.462 e. The molecule has 0 aliphatic heterocycles. The fourth-order valence-electron chi connectivity index (χ4n) is 9.76. The van der Waals surface area contributed by atoms with Gasteiger partial charge in [0, 0.05) is 25.7 Å². The molecule has 0 aliphatic rings. The third kappa shape index (κ3) is 79.5. The van der Waals surface area contributed by atoms with Crippen molar-refractivity contribution in [2.75, 3.05) is 39.6 Å². The van der Waals surface area contributed by atoms with Gasteiger partial charge in [0.2, 0.25) is 0 Å². The van der Waals surface area contributed by atoms with E-state index in [-0.39, 0.29) is 25.7 Å². The predicted octanol–water partition coefficient (Wildman–Crippen LogP) is 24.4. The maximum absolute atomic E-state index is 13.1. The molecule has 0 saturated carbocycles. The first-order chi connectivity index (χ1) is 53.7. The highest BCUT2D eigenvalue weighted by atomic mass is 31.2. The predicted molar refractivity (Wildman–Crippen MR) is 454 cm³/mol. The van der Waals surface area contributed by atoms with Crippen LogP contribution in [-0.2, 0) is 65.4 Å². The minimum absolute atomic E-state index is 0.00361. The molecule has 618 valence electrons. The van der Waals surface area contributed by atoms with Gasteiger partial charge < -0.3 is 33.8 Å². The SMILES string of the molecule is CC/C=C\C/C=C\C/C=C\C/C=C\C/C=C\C/C=C\CCC(=O)OC[C@H](COP(=O)(O)OC[C@@H](O)COP(=O)(O)OC[C@@H](COC(=O)CCCCCCC/C=C\C/C=C\CCCCC)OC(=O)CCC/C=C\C/C=C\C/C=C\C/C=C\CCCCC)OC(=O)CC/C=C\C/C=C\C/C=C\C/C=C\C/C=C\C/C=C\CC. The average molecular weight is 1570 g/mol. The molecule has 0 fully saturated rings. The van der Waals surface area contributed by atoms with E-state index in [2.05, 4.69) is 198 Å². The first kappa shape index (κ1) is 103. The molecule has 0 heterocycles. The van der Waals surface area contributed by atoms with Crippen molar-refractivity contribution in [3.63, 3.8) is 0 Å². The van der Waals surface area contributed by atoms with Crippen LogP contribution in [0.2, 0.25) is 0 Å². The number of carbonyl (C=O) groups excluding carboxylic acids is 4. The maximum Gasteiger partial charge on any atom is 0.472 e. The van der Waals surface area contributed by atoms with Gasteiger partial charge in [-0.05, 0) is 173 Å². The van der Waals surface area contributed by atoms with E-state index in [1.807, 2.05) is 48.6 Å². The molecule has 19 heteroatoms. The van der Waals surface area contributed by atoms with Crippen LogP contribution >= 0.6 is 15.6 Å². The molecule has 0 aliphatic carbocycles. The molecule has 17 nitrogen and oxygen atoms in total. The van der Waals surface area contributed by atoms with Gasteiger partial charge in [0.25, 0.3) is 0 Å². The van der Waals surface area contributed by atoms with Crippen molar-refractivity contribution in [2.24, 2.45) is 0 Å². The maximum atomic E-state index is 13.1. The third-order valence-corrected chi connectivity index (χ3v) is 17.8. The van der Waals surface area contributed by atoms with Gasteiger partial charge >= 0.3 is 39.5 Å². The van der Waals surface area contributed by atoms with Crippen LogP contribution in [0.1, 0.15) is 272 Å². The van der Waals surface area contributed by atoms with E-state index >= 15 is 0 Å². The van der Waals surface area contributed by atoms with E-state index in [4.69, 9.17) is 37.0 Å². The first-order valence-electron chi connectivity index (χ1n) is 41.0. The lowest BCUT2D eigenvalue weighted by Crippen LogP contribution is -2.30. The number of ether oxygens (including phenoxy) is 4. The summed E-state index contributed by atoms with van der Waals surface area (Å²) in [5, 5.41) is 10.7. The van der Waals surface area contributed by atoms with E-state index in [0.29, 0.717) is 44.9 Å². The number of rotatable bonds is 74. The standard InChI is InChI=1S/C91H142O17P2/c1-5-9-13-17-21-25-29-33-37-40-42-45-48-52-56-60-64-68-72-76-89(94)102-82-87(108-91(96)78-74-70-66-62-58-54-50-46-43-41-38-34-30-26-22-18-14-10-6-2)84-106-110(99,100)104-80-85(92)79-103-109(97,98)105-83-86(81-101-88(93)75-71-67-63-59-55-51-47-36-32-28-24-20-16-12-8-4)107-90(95)77-73-69-65-61-57-53-49-44-39-35-31-27-23-19-15-11-7-3/h9-10,13-14,21-28,33-39,42-43,45-47,49,52-54,56,58,61,64-66,68,70,85-87,92H,5-8,11-12,15-20,29-32,40-41,44,48,50-51,55,57,59-60,62-63,67,69,71-84H2,1-4H3,(H,97,98)(H,99,100)/b13-9-,14-10-,25-21-,26-22-,27-23-,28-24-,37-33-,38-34-,39-35-,45-42-,46-43-,47-36-,53-49-,56-52-,58-54-,65-61-,68-64-,70-66-/t85-,86+,87+/m0/s1. The van der Waals surface area contributed by atoms with Crippen molar-refractivity contribution >= 4 is 39.5 Å². The van der Waals surface area contributed by atoms with E-state index < -0.39 is 97.5 Å². The van der Waals surface area contributed by atoms with Crippen molar-refractivity contribution in [1.82, 2.24) is 0 Å². The quantitative estimate of drug-likeness (QED) is 0.0169. The number of unbranched alkanes of at least 4 members (excludes halogenated alkanes) is 12. The lowest BCUT2D eigenvalue weighted by Gasteiger charge is -2.21. The molecule has 0 spiro atoms. The van der Waals surface area contributed by atoms with Crippen molar-refractivity contribution in [3.8, 4) is 0 Å². The highest BCUT2D eigenvalue weighted by molar-refractivity contribution is 7.47. The zero-order valence-electron chi connectivity index (χ0n) is 67.6. The highest BCUT2D eigenvalue weighted by Gasteiger charge is 2.30. The fraction of sp³-hybridized carbons (Fsp3) is 0.560. The van der Waals surface area contributed by atoms with Gasteiger partial charge in [-0.1, -0.05) is 291 Å². The summed E-state index contributed by atoms with van der Waals surface area (Å²) in [4.78, 5) is 73.1. The van der Waals surface area contributed by atoms with Gasteiger partial charge in [-0.3, -0.25) is 37.3 Å². The van der Waals surface area contributed by atoms with E-state index in [9.17, 15) is 43.2 Å². The van der Waals surface area contributed by atoms with Gasteiger partial charge in [0.05, 0.1) is 26.4 Å². The third-order valence-electron chi connectivity index (χ3n) is 15.9. The van der Waals surface area contributed by atoms with Crippen molar-refractivity contribution < 1.29 is 80.2 Å². The largest absolute Gasteiger partial charge is 0.472 e. The molecule has 0 amide bonds. The van der Waals surface area contributed by atoms with E-state index in [1.54, 1.807) is 0 Å². The number of aliphatic hydroxyl groups excluding tert-OH is 1. The zero-order valence-corrected chi connectivity index (χ0v) is 69.4. The second-order valence-corrected chi connectivity index (χ2v) is 29.1. The Bertz CT molecular complexity index is 2950. The summed E-state index contributed by atoms with van der Waals surface area (Å²) >= 11 is 0. The molecule has 0 aromatic rings. The molecule has 2 unspecified atom stereocenters. The van der Waals surface area contributed by atoms with Crippen LogP contribution in [0.25, 0.3) is 0 Å². The molecule has 0 radical (unpaired) electrons. The monoisotopic (exact) mass is 1570 g/mol. The van der Waals surface area contributed by atoms with Gasteiger partial charge in [-0.15, -0.1) is 0 Å². The topological polar surface area (TPSA) is 237 Å². The van der Waals surface area contributed by atoms with E-state index in [0.717, 1.165) is 135 Å². The first-order valence-corrected chi connectivity index (χ1v) is 44.0. The highest BCUT2D eigenvalue weighted by Crippen LogP contribution is 2.45. The number of allylic oxidation sites excluding steroid dienone is 36. The van der Waals surface area contributed by atoms with Crippen molar-refractivity contribution in [3.05, 3.63) is 219 Å². The number of carbonyl (C=O) groups is 4. The van der Waals surface area contributed by atoms with Gasteiger partial charge in [-0.25, -0.2) is 9.13 Å². The summed E-state index contributed by atoms with van der Waals surface area (Å²) < 4.78 is 68.4. The van der Waals surface area contributed by atoms with Crippen molar-refractivity contribution in [1.29, 1.82) is 0 Å². The number of hydrogen-bond acceptors (Lipinski definition) is 15. The Kier molecular flexibility index (Phi) is 75.6. The molecule has 0 saturated heterocycles. The summed E-state index contributed by atoms with van der Waals surface area (Å²) in [6, 6.07) is 0. The number of hydrogen-bond donors (Lipinski definition) is 3. The summed E-state index contributed by atoms with van der Waals surface area (Å²) in [5.41, 5.74) is 0. The lowest BCUT2D eigenvalue weighted by atomic mass is 10.1. The Hall–Kier alpha value is -6.62. The number of phosphoric ester groups is 2. The zero-order chi connectivity index (χ0) is 80.3. The lowest BCUT2D eigenvalue weighted by molar-refractivity contribution is -0.161. The molecular weight excluding hydrogens is 1430 g/mol. The van der Waals surface area contributed by atoms with Crippen LogP contribution in [0.5, 0.6) is 0 Å². The van der Waals surface area contributed by atoms with Crippen LogP contribution in [0, 0.1) is 0 Å². The molecule has 0 aromatic carbocycles. The van der Waals surface area contributed by atoms with Gasteiger partial charge in [0.1, 0.15) is 19.3 Å². The molecule has 5 atom stereocenters. The Labute approximate surface area is 664 Å². The Morgan fingerprint density at radius 3 is 0.827 bits per heavy atom. The second kappa shape index (κ2) is 80.4. The number of esters is 4. The van der Waals surface area contributed by atoms with E-state index in [1.165, 1.54) is 38.5 Å². The number of aliphatic hydroxyl groups is 1. The molecule has 0 rings (SSSR count). The molecule has 0 bridgehead atoms. The van der Waals surface area contributed by atoms with Gasteiger partial charge in [-0.2, -0.15) is 0 Å². The average Bonchev–Trinajstić information content (AvgIpc) is 0.907. The second-order valence-electron chi connectivity index (χ2n) is 26.2. The summed E-state index contributed by atoms with van der Waals surface area (Å²) in [6.45, 7) is 4.30. The Morgan fingerprint density at radius 1 is 0.264 bits per heavy atom. The van der Waals surface area contributed by atoms with Crippen LogP contribution in [0.15, 0.2) is 219 Å². The summed E-state index contributed by atoms with van der Waals surface area (Å²) in [6.07, 6.45) is 102. The Morgan fingerprint density at radius 2 is 0.500 bits per heavy atom. The molecule has 3 N–H and O–H groups in total. The minimum atomic E-state index is -5.04. The normalized spacial score (nSPS) is 14.9. The molecule has 0 aromatic heterocycles. The summed E-state index contributed by atoms with van der Waals surface area (Å²) in [5.74, 6) is -2.48. The van der Waals surface area contributed by atoms with Crippen LogP contribution in [0.3, 0.4) is 0 Å². The van der Waals surface area contributed by atoms with Crippen molar-refractivity contribution in [2.45, 2.75) is 290 Å². The van der Waals surface area contributed by atoms with Crippen LogP contribution in [0.4, 0.5) is 0 Å². The summed E-state index contributed by atoms with van der Waals surface area (Å²) in [7, 11) is -10.1. The van der Waals surface area contributed by atoms with Crippen LogP contribution in [-0.4, -0.2) is 96.7 Å². The Balaban J connectivity index is 5.61. The molecular formula is C91H142O17P2. The van der Waals surface area contributed by atoms with Gasteiger partial charge in [0.15, 0.2) is 12.2 Å². The fourth-order valence-corrected chi connectivity index (χ4v) is 11.3. The van der Waals surface area contributed by atoms with Crippen LogP contribution < -0.4 is 0 Å². The number of phosphoric acid groups is 2.